The number of hydrogen-bond donors (Lipinski definition) is 2. The Morgan fingerprint density at radius 1 is 1.37 bits per heavy atom. The van der Waals surface area contributed by atoms with Crippen LogP contribution in [-0.2, 0) is 12.3 Å². The molecule has 2 rings (SSSR count). The average molecular weight is 261 g/mol. The lowest BCUT2D eigenvalue weighted by Gasteiger charge is -2.24. The van der Waals surface area contributed by atoms with Crippen LogP contribution in [0, 0.1) is 0 Å². The van der Waals surface area contributed by atoms with Crippen LogP contribution in [0.25, 0.3) is 11.0 Å². The normalized spacial score (nSPS) is 14.7. The number of rotatable bonds is 6. The third-order valence-corrected chi connectivity index (χ3v) is 3.46. The Morgan fingerprint density at radius 3 is 2.84 bits per heavy atom. The standard InChI is InChI=1S/C15H23N3O/c1-4-6-9-18-11-16-13-8-7-12(10-14(13)18)15(3,19)17-5-2/h7-8,10-11,17,19H,4-6,9H2,1-3H3. The smallest absolute Gasteiger partial charge is 0.139 e. The molecule has 1 atom stereocenters. The van der Waals surface area contributed by atoms with Gasteiger partial charge in [0.15, 0.2) is 0 Å². The molecule has 1 aromatic carbocycles. The van der Waals surface area contributed by atoms with E-state index in [-0.39, 0.29) is 0 Å². The number of aliphatic hydroxyl groups is 1. The third kappa shape index (κ3) is 2.96. The van der Waals surface area contributed by atoms with Gasteiger partial charge in [-0.15, -0.1) is 0 Å². The molecule has 0 fully saturated rings. The molecule has 0 saturated heterocycles. The van der Waals surface area contributed by atoms with E-state index in [1.807, 2.05) is 31.5 Å². The molecule has 0 amide bonds. The van der Waals surface area contributed by atoms with Gasteiger partial charge < -0.3 is 9.67 Å². The molecule has 0 aliphatic heterocycles. The maximum Gasteiger partial charge on any atom is 0.139 e. The van der Waals surface area contributed by atoms with Gasteiger partial charge in [-0.25, -0.2) is 4.98 Å². The van der Waals surface area contributed by atoms with E-state index in [1.165, 1.54) is 0 Å². The molecule has 2 aromatic rings. The summed E-state index contributed by atoms with van der Waals surface area (Å²) >= 11 is 0. The summed E-state index contributed by atoms with van der Waals surface area (Å²) in [5.74, 6) is 0. The molecule has 1 aromatic heterocycles. The zero-order valence-corrected chi connectivity index (χ0v) is 12.0. The molecular weight excluding hydrogens is 238 g/mol. The Morgan fingerprint density at radius 2 is 2.16 bits per heavy atom. The van der Waals surface area contributed by atoms with E-state index in [0.29, 0.717) is 0 Å². The Balaban J connectivity index is 2.37. The van der Waals surface area contributed by atoms with Crippen LogP contribution in [-0.4, -0.2) is 21.2 Å². The van der Waals surface area contributed by atoms with Crippen molar-refractivity contribution in [2.45, 2.75) is 45.9 Å². The van der Waals surface area contributed by atoms with E-state index in [4.69, 9.17) is 0 Å². The molecule has 4 nitrogen and oxygen atoms in total. The fourth-order valence-corrected chi connectivity index (χ4v) is 2.31. The fourth-order valence-electron chi connectivity index (χ4n) is 2.31. The van der Waals surface area contributed by atoms with Crippen molar-refractivity contribution in [3.63, 3.8) is 0 Å². The van der Waals surface area contributed by atoms with Gasteiger partial charge in [0, 0.05) is 12.1 Å². The fraction of sp³-hybridized carbons (Fsp3) is 0.533. The molecule has 0 spiro atoms. The number of fused-ring (bicyclic) bond motifs is 1. The molecule has 4 heteroatoms. The van der Waals surface area contributed by atoms with Crippen LogP contribution in [0.2, 0.25) is 0 Å². The first-order valence-corrected chi connectivity index (χ1v) is 7.01. The molecule has 0 aliphatic carbocycles. The Labute approximate surface area is 114 Å². The highest BCUT2D eigenvalue weighted by atomic mass is 16.3. The molecule has 0 saturated carbocycles. The first-order valence-electron chi connectivity index (χ1n) is 7.01. The van der Waals surface area contributed by atoms with Crippen LogP contribution in [0.1, 0.15) is 39.2 Å². The van der Waals surface area contributed by atoms with Crippen molar-refractivity contribution in [1.29, 1.82) is 0 Å². The highest BCUT2D eigenvalue weighted by Crippen LogP contribution is 2.22. The van der Waals surface area contributed by atoms with Gasteiger partial charge in [-0.3, -0.25) is 5.32 Å². The van der Waals surface area contributed by atoms with Crippen molar-refractivity contribution < 1.29 is 5.11 Å². The molecule has 0 radical (unpaired) electrons. The quantitative estimate of drug-likeness (QED) is 0.786. The van der Waals surface area contributed by atoms with Gasteiger partial charge in [0.2, 0.25) is 0 Å². The van der Waals surface area contributed by atoms with E-state index >= 15 is 0 Å². The zero-order valence-electron chi connectivity index (χ0n) is 12.0. The Hall–Kier alpha value is -1.39. The summed E-state index contributed by atoms with van der Waals surface area (Å²) in [7, 11) is 0. The van der Waals surface area contributed by atoms with Crippen LogP contribution in [0.4, 0.5) is 0 Å². The van der Waals surface area contributed by atoms with Crippen LogP contribution in [0.5, 0.6) is 0 Å². The molecule has 19 heavy (non-hydrogen) atoms. The van der Waals surface area contributed by atoms with Crippen LogP contribution in [0.15, 0.2) is 24.5 Å². The van der Waals surface area contributed by atoms with Gasteiger partial charge in [0.25, 0.3) is 0 Å². The van der Waals surface area contributed by atoms with Crippen LogP contribution in [0.3, 0.4) is 0 Å². The number of aryl methyl sites for hydroxylation is 1. The second-order valence-electron chi connectivity index (χ2n) is 5.10. The molecule has 0 aliphatic rings. The number of unbranched alkanes of at least 4 members (excludes halogenated alkanes) is 1. The van der Waals surface area contributed by atoms with E-state index in [9.17, 15) is 5.11 Å². The first-order chi connectivity index (χ1) is 9.08. The topological polar surface area (TPSA) is 50.1 Å². The van der Waals surface area contributed by atoms with Gasteiger partial charge in [-0.1, -0.05) is 26.3 Å². The van der Waals surface area contributed by atoms with Crippen molar-refractivity contribution in [3.05, 3.63) is 30.1 Å². The zero-order chi connectivity index (χ0) is 13.9. The minimum Gasteiger partial charge on any atom is -0.372 e. The summed E-state index contributed by atoms with van der Waals surface area (Å²) < 4.78 is 2.16. The van der Waals surface area contributed by atoms with Crippen molar-refractivity contribution in [2.24, 2.45) is 0 Å². The van der Waals surface area contributed by atoms with Crippen LogP contribution < -0.4 is 5.32 Å². The summed E-state index contributed by atoms with van der Waals surface area (Å²) in [6.45, 7) is 7.64. The summed E-state index contributed by atoms with van der Waals surface area (Å²) in [4.78, 5) is 4.40. The number of nitrogens with zero attached hydrogens (tertiary/aromatic N) is 2. The predicted octanol–water partition coefficient (Wildman–Crippen LogP) is 2.61. The van der Waals surface area contributed by atoms with E-state index < -0.39 is 5.72 Å². The van der Waals surface area contributed by atoms with Gasteiger partial charge >= 0.3 is 0 Å². The minimum atomic E-state index is -0.997. The van der Waals surface area contributed by atoms with E-state index in [1.54, 1.807) is 6.92 Å². The first kappa shape index (κ1) is 14.0. The molecule has 2 N–H and O–H groups in total. The predicted molar refractivity (Wildman–Crippen MR) is 77.9 cm³/mol. The molecule has 1 heterocycles. The highest BCUT2D eigenvalue weighted by Gasteiger charge is 2.22. The molecule has 0 bridgehead atoms. The van der Waals surface area contributed by atoms with E-state index in [2.05, 4.69) is 21.8 Å². The van der Waals surface area contributed by atoms with Crippen molar-refractivity contribution in [1.82, 2.24) is 14.9 Å². The lowest BCUT2D eigenvalue weighted by atomic mass is 10.0. The maximum absolute atomic E-state index is 10.4. The van der Waals surface area contributed by atoms with Gasteiger partial charge in [-0.2, -0.15) is 0 Å². The lowest BCUT2D eigenvalue weighted by molar-refractivity contribution is 0.0220. The summed E-state index contributed by atoms with van der Waals surface area (Å²) in [6.07, 6.45) is 4.18. The van der Waals surface area contributed by atoms with Crippen molar-refractivity contribution in [2.75, 3.05) is 6.54 Å². The number of aromatic nitrogens is 2. The summed E-state index contributed by atoms with van der Waals surface area (Å²) in [6, 6.07) is 5.93. The van der Waals surface area contributed by atoms with Gasteiger partial charge in [0.1, 0.15) is 5.72 Å². The number of imidazole rings is 1. The number of benzene rings is 1. The Bertz CT molecular complexity index is 545. The maximum atomic E-state index is 10.4. The third-order valence-electron chi connectivity index (χ3n) is 3.46. The second-order valence-corrected chi connectivity index (χ2v) is 5.10. The number of hydrogen-bond acceptors (Lipinski definition) is 3. The largest absolute Gasteiger partial charge is 0.372 e. The highest BCUT2D eigenvalue weighted by molar-refractivity contribution is 5.76. The average Bonchev–Trinajstić information content (AvgIpc) is 2.78. The number of nitrogens with one attached hydrogen (secondary N) is 1. The summed E-state index contributed by atoms with van der Waals surface area (Å²) in [5.41, 5.74) is 1.94. The second kappa shape index (κ2) is 5.72. The van der Waals surface area contributed by atoms with E-state index in [0.717, 1.165) is 42.5 Å². The molecule has 104 valence electrons. The Kier molecular flexibility index (Phi) is 4.22. The summed E-state index contributed by atoms with van der Waals surface area (Å²) in [5, 5.41) is 13.5. The monoisotopic (exact) mass is 261 g/mol. The van der Waals surface area contributed by atoms with Crippen LogP contribution >= 0.6 is 0 Å². The van der Waals surface area contributed by atoms with Crippen molar-refractivity contribution in [3.8, 4) is 0 Å². The van der Waals surface area contributed by atoms with Gasteiger partial charge in [-0.05, 0) is 32.0 Å². The minimum absolute atomic E-state index is 0.722. The molecule has 1 unspecified atom stereocenters. The van der Waals surface area contributed by atoms with Gasteiger partial charge in [0.05, 0.1) is 17.4 Å². The molecular formula is C15H23N3O. The SMILES string of the molecule is CCCCn1cnc2ccc(C(C)(O)NCC)cc21. The van der Waals surface area contributed by atoms with Crippen molar-refractivity contribution >= 4 is 11.0 Å². The lowest BCUT2D eigenvalue weighted by Crippen LogP contribution is -2.39.